The van der Waals surface area contributed by atoms with Crippen molar-refractivity contribution in [1.29, 1.82) is 0 Å². The van der Waals surface area contributed by atoms with Gasteiger partial charge < -0.3 is 4.74 Å². The summed E-state index contributed by atoms with van der Waals surface area (Å²) in [5.41, 5.74) is 1.27. The first-order valence-corrected chi connectivity index (χ1v) is 7.20. The Labute approximate surface area is 120 Å². The summed E-state index contributed by atoms with van der Waals surface area (Å²) in [5, 5.41) is 4.35. The Morgan fingerprint density at radius 3 is 2.70 bits per heavy atom. The fraction of sp³-hybridized carbons (Fsp3) is 0.438. The summed E-state index contributed by atoms with van der Waals surface area (Å²) in [5.74, 6) is 0.988. The molecule has 0 radical (unpaired) electrons. The first-order chi connectivity index (χ1) is 9.86. The molecule has 2 heterocycles. The van der Waals surface area contributed by atoms with E-state index in [0.29, 0.717) is 6.04 Å². The summed E-state index contributed by atoms with van der Waals surface area (Å²) in [6.07, 6.45) is 6.26. The van der Waals surface area contributed by atoms with Crippen LogP contribution >= 0.6 is 0 Å². The highest BCUT2D eigenvalue weighted by atomic mass is 16.5. The van der Waals surface area contributed by atoms with Gasteiger partial charge >= 0.3 is 0 Å². The molecule has 1 aliphatic heterocycles. The molecular formula is C16H21N3O. The third-order valence-electron chi connectivity index (χ3n) is 4.04. The van der Waals surface area contributed by atoms with Crippen molar-refractivity contribution in [1.82, 2.24) is 14.7 Å². The fourth-order valence-corrected chi connectivity index (χ4v) is 2.91. The van der Waals surface area contributed by atoms with E-state index < -0.39 is 0 Å². The van der Waals surface area contributed by atoms with E-state index >= 15 is 0 Å². The van der Waals surface area contributed by atoms with Crippen LogP contribution in [0.15, 0.2) is 42.7 Å². The average molecular weight is 271 g/mol. The summed E-state index contributed by atoms with van der Waals surface area (Å²) in [6, 6.07) is 10.8. The second kappa shape index (κ2) is 6.09. The number of rotatable bonds is 4. The monoisotopic (exact) mass is 271 g/mol. The van der Waals surface area contributed by atoms with E-state index in [0.717, 1.165) is 38.2 Å². The number of para-hydroxylation sites is 1. The van der Waals surface area contributed by atoms with Gasteiger partial charge in [-0.15, -0.1) is 0 Å². The molecule has 0 atom stereocenters. The maximum absolute atomic E-state index is 5.43. The lowest BCUT2D eigenvalue weighted by atomic mass is 10.0. The molecule has 1 aromatic carbocycles. The first-order valence-electron chi connectivity index (χ1n) is 7.20. The maximum Gasteiger partial charge on any atom is 0.123 e. The number of hydrogen-bond acceptors (Lipinski definition) is 3. The van der Waals surface area contributed by atoms with E-state index in [1.807, 2.05) is 24.4 Å². The van der Waals surface area contributed by atoms with Crippen molar-refractivity contribution in [2.24, 2.45) is 0 Å². The molecule has 1 fully saturated rings. The number of benzene rings is 1. The van der Waals surface area contributed by atoms with Gasteiger partial charge in [0.05, 0.1) is 13.2 Å². The minimum atomic E-state index is 0.555. The first kappa shape index (κ1) is 13.2. The zero-order valence-corrected chi connectivity index (χ0v) is 11.9. The van der Waals surface area contributed by atoms with E-state index in [1.165, 1.54) is 5.56 Å². The molecule has 0 bridgehead atoms. The Kier molecular flexibility index (Phi) is 4.02. The Bertz CT molecular complexity index is 530. The number of aromatic nitrogens is 2. The van der Waals surface area contributed by atoms with Crippen LogP contribution in [0.3, 0.4) is 0 Å². The molecule has 2 aromatic rings. The molecule has 0 spiro atoms. The molecule has 4 heteroatoms. The average Bonchev–Trinajstić information content (AvgIpc) is 3.03. The quantitative estimate of drug-likeness (QED) is 0.856. The zero-order valence-electron chi connectivity index (χ0n) is 11.9. The standard InChI is InChI=1S/C16H21N3O/c1-20-16-6-3-2-5-14(16)13-18-11-7-15(8-12-18)19-10-4-9-17-19/h2-6,9-10,15H,7-8,11-13H2,1H3. The van der Waals surface area contributed by atoms with Crippen molar-refractivity contribution >= 4 is 0 Å². The van der Waals surface area contributed by atoms with Gasteiger partial charge in [0.2, 0.25) is 0 Å². The predicted molar refractivity (Wildman–Crippen MR) is 78.8 cm³/mol. The Balaban J connectivity index is 1.58. The molecule has 106 valence electrons. The predicted octanol–water partition coefficient (Wildman–Crippen LogP) is 2.73. The Morgan fingerprint density at radius 1 is 1.20 bits per heavy atom. The molecule has 0 saturated carbocycles. The van der Waals surface area contributed by atoms with E-state index in [9.17, 15) is 0 Å². The van der Waals surface area contributed by atoms with Crippen molar-refractivity contribution in [2.75, 3.05) is 20.2 Å². The minimum absolute atomic E-state index is 0.555. The number of ether oxygens (including phenoxy) is 1. The lowest BCUT2D eigenvalue weighted by molar-refractivity contribution is 0.172. The van der Waals surface area contributed by atoms with Gasteiger partial charge in [0, 0.05) is 37.6 Å². The molecule has 1 aromatic heterocycles. The molecule has 0 N–H and O–H groups in total. The van der Waals surface area contributed by atoms with Crippen molar-refractivity contribution in [3.63, 3.8) is 0 Å². The van der Waals surface area contributed by atoms with E-state index in [-0.39, 0.29) is 0 Å². The summed E-state index contributed by atoms with van der Waals surface area (Å²) in [7, 11) is 1.74. The third kappa shape index (κ3) is 2.85. The Hall–Kier alpha value is -1.81. The van der Waals surface area contributed by atoms with Gasteiger partial charge in [-0.2, -0.15) is 5.10 Å². The largest absolute Gasteiger partial charge is 0.496 e. The van der Waals surface area contributed by atoms with Crippen LogP contribution in [0.1, 0.15) is 24.4 Å². The van der Waals surface area contributed by atoms with Crippen molar-refractivity contribution in [2.45, 2.75) is 25.4 Å². The summed E-state index contributed by atoms with van der Waals surface area (Å²) >= 11 is 0. The SMILES string of the molecule is COc1ccccc1CN1CCC(n2cccn2)CC1. The molecule has 3 rings (SSSR count). The molecule has 1 saturated heterocycles. The number of methoxy groups -OCH3 is 1. The molecule has 0 aliphatic carbocycles. The lowest BCUT2D eigenvalue weighted by Crippen LogP contribution is -2.34. The third-order valence-corrected chi connectivity index (χ3v) is 4.04. The van der Waals surface area contributed by atoms with Crippen LogP contribution < -0.4 is 4.74 Å². The highest BCUT2D eigenvalue weighted by Gasteiger charge is 2.21. The number of hydrogen-bond donors (Lipinski definition) is 0. The zero-order chi connectivity index (χ0) is 13.8. The summed E-state index contributed by atoms with van der Waals surface area (Å²) in [6.45, 7) is 3.20. The van der Waals surface area contributed by atoms with Gasteiger partial charge in [-0.3, -0.25) is 9.58 Å². The van der Waals surface area contributed by atoms with Crippen LogP contribution in [-0.2, 0) is 6.54 Å². The van der Waals surface area contributed by atoms with Crippen LogP contribution in [0, 0.1) is 0 Å². The van der Waals surface area contributed by atoms with Crippen LogP contribution in [0.25, 0.3) is 0 Å². The number of nitrogens with zero attached hydrogens (tertiary/aromatic N) is 3. The van der Waals surface area contributed by atoms with E-state index in [4.69, 9.17) is 4.74 Å². The molecular weight excluding hydrogens is 250 g/mol. The molecule has 20 heavy (non-hydrogen) atoms. The smallest absolute Gasteiger partial charge is 0.123 e. The second-order valence-electron chi connectivity index (χ2n) is 5.31. The fourth-order valence-electron chi connectivity index (χ4n) is 2.91. The molecule has 0 amide bonds. The van der Waals surface area contributed by atoms with Gasteiger partial charge in [0.25, 0.3) is 0 Å². The van der Waals surface area contributed by atoms with Gasteiger partial charge in [-0.25, -0.2) is 0 Å². The maximum atomic E-state index is 5.43. The molecule has 1 aliphatic rings. The van der Waals surface area contributed by atoms with Crippen LogP contribution in [-0.4, -0.2) is 34.9 Å². The highest BCUT2D eigenvalue weighted by Crippen LogP contribution is 2.25. The lowest BCUT2D eigenvalue weighted by Gasteiger charge is -2.32. The summed E-state index contributed by atoms with van der Waals surface area (Å²) < 4.78 is 7.52. The van der Waals surface area contributed by atoms with E-state index in [1.54, 1.807) is 7.11 Å². The van der Waals surface area contributed by atoms with Crippen molar-refractivity contribution < 1.29 is 4.74 Å². The van der Waals surface area contributed by atoms with Gasteiger partial charge in [-0.05, 0) is 25.0 Å². The summed E-state index contributed by atoms with van der Waals surface area (Å²) in [4.78, 5) is 2.50. The normalized spacial score (nSPS) is 17.2. The van der Waals surface area contributed by atoms with Crippen molar-refractivity contribution in [3.05, 3.63) is 48.3 Å². The van der Waals surface area contributed by atoms with Gasteiger partial charge in [-0.1, -0.05) is 18.2 Å². The minimum Gasteiger partial charge on any atom is -0.496 e. The molecule has 4 nitrogen and oxygen atoms in total. The number of likely N-dealkylation sites (tertiary alicyclic amines) is 1. The van der Waals surface area contributed by atoms with Crippen LogP contribution in [0.4, 0.5) is 0 Å². The Morgan fingerprint density at radius 2 is 2.00 bits per heavy atom. The molecule has 0 unspecified atom stereocenters. The van der Waals surface area contributed by atoms with Crippen LogP contribution in [0.2, 0.25) is 0 Å². The second-order valence-corrected chi connectivity index (χ2v) is 5.31. The highest BCUT2D eigenvalue weighted by molar-refractivity contribution is 5.33. The van der Waals surface area contributed by atoms with Gasteiger partial charge in [0.15, 0.2) is 0 Å². The van der Waals surface area contributed by atoms with Gasteiger partial charge in [0.1, 0.15) is 5.75 Å². The van der Waals surface area contributed by atoms with Crippen molar-refractivity contribution in [3.8, 4) is 5.75 Å². The topological polar surface area (TPSA) is 30.3 Å². The van der Waals surface area contributed by atoms with E-state index in [2.05, 4.69) is 33.0 Å². The number of piperidine rings is 1. The van der Waals surface area contributed by atoms with Crippen LogP contribution in [0.5, 0.6) is 5.75 Å².